The molecule has 0 saturated heterocycles. The van der Waals surface area contributed by atoms with Crippen molar-refractivity contribution in [1.29, 1.82) is 0 Å². The van der Waals surface area contributed by atoms with E-state index in [1.54, 1.807) is 0 Å². The van der Waals surface area contributed by atoms with Gasteiger partial charge in [-0.15, -0.1) is 0 Å². The molecule has 0 heterocycles. The van der Waals surface area contributed by atoms with Crippen molar-refractivity contribution in [2.75, 3.05) is 0 Å². The maximum absolute atomic E-state index is 10.1. The van der Waals surface area contributed by atoms with E-state index in [0.29, 0.717) is 10.8 Å². The van der Waals surface area contributed by atoms with Gasteiger partial charge in [-0.25, -0.2) is 0 Å². The standard InChI is InChI=1S/C13H20O/c14-10-9-13(12(10)5-2-6-12)8-7-11(13)3-1-4-11/h10,14H,1-9H2/t10-,13+/m1/s1. The molecule has 1 heteroatoms. The summed E-state index contributed by atoms with van der Waals surface area (Å²) in [4.78, 5) is 0. The molecule has 0 aromatic carbocycles. The van der Waals surface area contributed by atoms with Crippen LogP contribution >= 0.6 is 0 Å². The Morgan fingerprint density at radius 2 is 1.57 bits per heavy atom. The molecular weight excluding hydrogens is 172 g/mol. The van der Waals surface area contributed by atoms with Gasteiger partial charge in [-0.3, -0.25) is 0 Å². The summed E-state index contributed by atoms with van der Waals surface area (Å²) in [5.74, 6) is 0. The number of rotatable bonds is 0. The molecule has 0 unspecified atom stereocenters. The molecule has 0 amide bonds. The van der Waals surface area contributed by atoms with Crippen LogP contribution in [0.15, 0.2) is 0 Å². The van der Waals surface area contributed by atoms with Gasteiger partial charge < -0.3 is 5.11 Å². The lowest BCUT2D eigenvalue weighted by molar-refractivity contribution is -0.347. The van der Waals surface area contributed by atoms with Crippen molar-refractivity contribution < 1.29 is 5.11 Å². The Kier molecular flexibility index (Phi) is 1.20. The van der Waals surface area contributed by atoms with Crippen LogP contribution in [0.5, 0.6) is 0 Å². The third-order valence-corrected chi connectivity index (χ3v) is 6.73. The Balaban J connectivity index is 1.71. The molecule has 1 N–H and O–H groups in total. The summed E-state index contributed by atoms with van der Waals surface area (Å²) in [6.45, 7) is 0. The van der Waals surface area contributed by atoms with Crippen LogP contribution in [-0.4, -0.2) is 11.2 Å². The minimum Gasteiger partial charge on any atom is -0.393 e. The number of hydrogen-bond donors (Lipinski definition) is 1. The lowest BCUT2D eigenvalue weighted by Gasteiger charge is -2.81. The lowest BCUT2D eigenvalue weighted by Crippen LogP contribution is -2.76. The number of fused-ring (bicyclic) bond motifs is 2. The molecule has 4 saturated carbocycles. The van der Waals surface area contributed by atoms with Crippen molar-refractivity contribution in [2.45, 2.75) is 63.9 Å². The van der Waals surface area contributed by atoms with E-state index in [4.69, 9.17) is 0 Å². The fourth-order valence-corrected chi connectivity index (χ4v) is 5.49. The fourth-order valence-electron chi connectivity index (χ4n) is 5.49. The van der Waals surface area contributed by atoms with E-state index in [1.807, 2.05) is 0 Å². The summed E-state index contributed by atoms with van der Waals surface area (Å²) in [5.41, 5.74) is 1.83. The second-order valence-electron chi connectivity index (χ2n) is 6.45. The zero-order chi connectivity index (χ0) is 9.44. The van der Waals surface area contributed by atoms with E-state index in [9.17, 15) is 5.11 Å². The molecule has 3 spiro atoms. The van der Waals surface area contributed by atoms with Crippen LogP contribution in [0.1, 0.15) is 57.8 Å². The van der Waals surface area contributed by atoms with Crippen LogP contribution in [0, 0.1) is 16.2 Å². The first-order chi connectivity index (χ1) is 6.75. The van der Waals surface area contributed by atoms with E-state index in [0.717, 1.165) is 11.8 Å². The molecule has 0 aromatic rings. The molecule has 1 nitrogen and oxygen atoms in total. The van der Waals surface area contributed by atoms with Gasteiger partial charge in [0.1, 0.15) is 0 Å². The van der Waals surface area contributed by atoms with Gasteiger partial charge in [0.15, 0.2) is 0 Å². The van der Waals surface area contributed by atoms with Crippen molar-refractivity contribution in [3.8, 4) is 0 Å². The third-order valence-electron chi connectivity index (χ3n) is 6.73. The second kappa shape index (κ2) is 2.07. The van der Waals surface area contributed by atoms with Gasteiger partial charge in [-0.2, -0.15) is 0 Å². The van der Waals surface area contributed by atoms with Crippen LogP contribution < -0.4 is 0 Å². The number of aliphatic hydroxyl groups is 1. The Bertz CT molecular complexity index is 282. The van der Waals surface area contributed by atoms with Crippen molar-refractivity contribution in [2.24, 2.45) is 16.2 Å². The van der Waals surface area contributed by atoms with Crippen molar-refractivity contribution in [3.05, 3.63) is 0 Å². The normalized spacial score (nSPS) is 50.8. The molecule has 0 bridgehead atoms. The smallest absolute Gasteiger partial charge is 0.0607 e. The zero-order valence-electron chi connectivity index (χ0n) is 8.89. The quantitative estimate of drug-likeness (QED) is 0.625. The summed E-state index contributed by atoms with van der Waals surface area (Å²) in [7, 11) is 0. The van der Waals surface area contributed by atoms with Gasteiger partial charge in [-0.1, -0.05) is 12.8 Å². The first-order valence-corrected chi connectivity index (χ1v) is 6.43. The third kappa shape index (κ3) is 0.532. The molecule has 4 rings (SSSR count). The lowest BCUT2D eigenvalue weighted by atomic mass is 9.24. The van der Waals surface area contributed by atoms with Crippen molar-refractivity contribution in [3.63, 3.8) is 0 Å². The summed E-state index contributed by atoms with van der Waals surface area (Å²) < 4.78 is 0. The van der Waals surface area contributed by atoms with Gasteiger partial charge >= 0.3 is 0 Å². The highest BCUT2D eigenvalue weighted by molar-refractivity contribution is 5.27. The largest absolute Gasteiger partial charge is 0.393 e. The average molecular weight is 192 g/mol. The Morgan fingerprint density at radius 3 is 1.86 bits per heavy atom. The van der Waals surface area contributed by atoms with Crippen LogP contribution in [0.4, 0.5) is 0 Å². The summed E-state index contributed by atoms with van der Waals surface area (Å²) in [5, 5.41) is 10.1. The SMILES string of the molecule is O[C@@H]1C[C@]2(CCC23CCC3)C12CCC2. The van der Waals surface area contributed by atoms with E-state index < -0.39 is 0 Å². The van der Waals surface area contributed by atoms with Crippen molar-refractivity contribution >= 4 is 0 Å². The number of hydrogen-bond acceptors (Lipinski definition) is 1. The highest BCUT2D eigenvalue weighted by Crippen LogP contribution is 2.84. The summed E-state index contributed by atoms with van der Waals surface area (Å²) >= 11 is 0. The molecule has 0 radical (unpaired) electrons. The van der Waals surface area contributed by atoms with E-state index in [2.05, 4.69) is 0 Å². The first-order valence-electron chi connectivity index (χ1n) is 6.43. The molecule has 78 valence electrons. The van der Waals surface area contributed by atoms with Gasteiger partial charge in [0.05, 0.1) is 6.10 Å². The fraction of sp³-hybridized carbons (Fsp3) is 1.00. The van der Waals surface area contributed by atoms with E-state index >= 15 is 0 Å². The predicted octanol–water partition coefficient (Wildman–Crippen LogP) is 2.87. The summed E-state index contributed by atoms with van der Waals surface area (Å²) in [6, 6.07) is 0. The maximum atomic E-state index is 10.1. The predicted molar refractivity (Wildman–Crippen MR) is 54.9 cm³/mol. The highest BCUT2D eigenvalue weighted by atomic mass is 16.3. The topological polar surface area (TPSA) is 20.2 Å². The number of aliphatic hydroxyl groups excluding tert-OH is 1. The molecule has 2 atom stereocenters. The monoisotopic (exact) mass is 192 g/mol. The Labute approximate surface area is 85.9 Å². The van der Waals surface area contributed by atoms with Crippen LogP contribution in [-0.2, 0) is 0 Å². The van der Waals surface area contributed by atoms with E-state index in [-0.39, 0.29) is 6.10 Å². The van der Waals surface area contributed by atoms with Crippen LogP contribution in [0.3, 0.4) is 0 Å². The minimum absolute atomic E-state index is 0.0778. The molecule has 4 aliphatic rings. The Hall–Kier alpha value is -0.0400. The Morgan fingerprint density at radius 1 is 0.857 bits per heavy atom. The van der Waals surface area contributed by atoms with Crippen molar-refractivity contribution in [1.82, 2.24) is 0 Å². The molecule has 14 heavy (non-hydrogen) atoms. The second-order valence-corrected chi connectivity index (χ2v) is 6.45. The van der Waals surface area contributed by atoms with Gasteiger partial charge in [0.25, 0.3) is 0 Å². The molecule has 0 aliphatic heterocycles. The van der Waals surface area contributed by atoms with Gasteiger partial charge in [-0.05, 0) is 55.8 Å². The molecule has 0 aromatic heterocycles. The van der Waals surface area contributed by atoms with Gasteiger partial charge in [0.2, 0.25) is 0 Å². The highest BCUT2D eigenvalue weighted by Gasteiger charge is 2.78. The zero-order valence-corrected chi connectivity index (χ0v) is 8.89. The average Bonchev–Trinajstić information content (AvgIpc) is 1.90. The first kappa shape index (κ1) is 8.15. The minimum atomic E-state index is 0.0778. The van der Waals surface area contributed by atoms with E-state index in [1.165, 1.54) is 51.4 Å². The van der Waals surface area contributed by atoms with Crippen LogP contribution in [0.25, 0.3) is 0 Å². The maximum Gasteiger partial charge on any atom is 0.0607 e. The van der Waals surface area contributed by atoms with Gasteiger partial charge in [0, 0.05) is 5.41 Å². The molecule has 4 fully saturated rings. The molecular formula is C13H20O. The molecule has 4 aliphatic carbocycles. The summed E-state index contributed by atoms with van der Waals surface area (Å²) in [6.07, 6.45) is 12.7. The van der Waals surface area contributed by atoms with Crippen LogP contribution in [0.2, 0.25) is 0 Å².